The number of thiophene rings is 1. The highest BCUT2D eigenvalue weighted by Gasteiger charge is 2.17. The Bertz CT molecular complexity index is 715. The van der Waals surface area contributed by atoms with E-state index in [1.807, 2.05) is 10.8 Å². The lowest BCUT2D eigenvalue weighted by Gasteiger charge is -2.33. The molecule has 0 bridgehead atoms. The van der Waals surface area contributed by atoms with Crippen molar-refractivity contribution in [2.45, 2.75) is 51.5 Å². The van der Waals surface area contributed by atoms with E-state index in [1.165, 1.54) is 25.8 Å². The Balaban J connectivity index is 1.33. The van der Waals surface area contributed by atoms with Gasteiger partial charge in [0.25, 0.3) is 0 Å². The molecule has 0 radical (unpaired) electrons. The van der Waals surface area contributed by atoms with Crippen molar-refractivity contribution in [1.82, 2.24) is 15.2 Å². The van der Waals surface area contributed by atoms with Gasteiger partial charge in [-0.05, 0) is 67.7 Å². The van der Waals surface area contributed by atoms with Crippen LogP contribution in [-0.2, 0) is 11.2 Å². The molecule has 7 heteroatoms. The first-order chi connectivity index (χ1) is 12.6. The molecule has 1 unspecified atom stereocenters. The Labute approximate surface area is 172 Å². The van der Waals surface area contributed by atoms with Crippen LogP contribution >= 0.6 is 38.6 Å². The zero-order valence-corrected chi connectivity index (χ0v) is 18.4. The van der Waals surface area contributed by atoms with Crippen molar-refractivity contribution in [3.63, 3.8) is 0 Å². The molecule has 1 aliphatic heterocycles. The maximum atomic E-state index is 12.1. The van der Waals surface area contributed by atoms with Crippen LogP contribution in [0.2, 0.25) is 0 Å². The zero-order valence-electron chi connectivity index (χ0n) is 15.2. The second-order valence-electron chi connectivity index (χ2n) is 6.89. The van der Waals surface area contributed by atoms with E-state index >= 15 is 0 Å². The topological polar surface area (TPSA) is 45.2 Å². The van der Waals surface area contributed by atoms with E-state index < -0.39 is 0 Å². The molecule has 3 heterocycles. The van der Waals surface area contributed by atoms with Gasteiger partial charge in [-0.15, -0.1) is 22.7 Å². The molecule has 4 nitrogen and oxygen atoms in total. The van der Waals surface area contributed by atoms with Crippen LogP contribution in [0.4, 0.5) is 0 Å². The number of hydrogen-bond donors (Lipinski definition) is 1. The summed E-state index contributed by atoms with van der Waals surface area (Å²) in [6.07, 6.45) is 6.59. The van der Waals surface area contributed by atoms with Crippen molar-refractivity contribution >= 4 is 44.5 Å². The molecule has 2 aromatic heterocycles. The number of nitrogens with one attached hydrogen (secondary N) is 1. The van der Waals surface area contributed by atoms with Gasteiger partial charge in [0.2, 0.25) is 5.91 Å². The van der Waals surface area contributed by atoms with Crippen molar-refractivity contribution in [3.05, 3.63) is 27.0 Å². The highest BCUT2D eigenvalue weighted by molar-refractivity contribution is 9.10. The van der Waals surface area contributed by atoms with Crippen LogP contribution in [0.1, 0.15) is 44.7 Å². The number of amides is 1. The fourth-order valence-corrected chi connectivity index (χ4v) is 5.64. The largest absolute Gasteiger partial charge is 0.356 e. The van der Waals surface area contributed by atoms with Crippen molar-refractivity contribution in [2.75, 3.05) is 19.6 Å². The van der Waals surface area contributed by atoms with Crippen molar-refractivity contribution in [2.24, 2.45) is 0 Å². The van der Waals surface area contributed by atoms with E-state index in [1.54, 1.807) is 22.7 Å². The summed E-state index contributed by atoms with van der Waals surface area (Å²) in [5, 5.41) is 8.06. The summed E-state index contributed by atoms with van der Waals surface area (Å²) in [6, 6.07) is 2.79. The molecule has 1 saturated heterocycles. The van der Waals surface area contributed by atoms with E-state index in [0.717, 1.165) is 52.0 Å². The Morgan fingerprint density at radius 1 is 1.35 bits per heavy atom. The highest BCUT2D eigenvalue weighted by atomic mass is 79.9. The predicted molar refractivity (Wildman–Crippen MR) is 114 cm³/mol. The summed E-state index contributed by atoms with van der Waals surface area (Å²) in [6.45, 7) is 5.48. The fraction of sp³-hybridized carbons (Fsp3) is 0.579. The lowest BCUT2D eigenvalue weighted by molar-refractivity contribution is -0.120. The van der Waals surface area contributed by atoms with Crippen LogP contribution < -0.4 is 5.32 Å². The summed E-state index contributed by atoms with van der Waals surface area (Å²) < 4.78 is 1.07. The molecule has 0 aliphatic carbocycles. The number of hydrogen-bond acceptors (Lipinski definition) is 5. The zero-order chi connectivity index (χ0) is 18.4. The number of thiazole rings is 1. The summed E-state index contributed by atoms with van der Waals surface area (Å²) >= 11 is 6.73. The van der Waals surface area contributed by atoms with Crippen LogP contribution in [0.25, 0.3) is 9.88 Å². The van der Waals surface area contributed by atoms with Crippen molar-refractivity contribution in [3.8, 4) is 9.88 Å². The molecule has 26 heavy (non-hydrogen) atoms. The molecular weight excluding hydrogens is 430 g/mol. The molecular formula is C19H26BrN3OS2. The third-order valence-corrected chi connectivity index (χ3v) is 7.56. The number of aromatic nitrogens is 1. The number of piperidine rings is 1. The Hall–Kier alpha value is -0.760. The number of halogens is 1. The molecule has 2 aromatic rings. The standard InChI is InChI=1S/C19H26BrN3OS2/c1-14-6-2-4-8-23(14)9-5-3-7-21-18(24)11-16-13-26-19(22-16)17-10-15(20)12-25-17/h10,12-14H,2-9,11H2,1H3,(H,21,24). The van der Waals surface area contributed by atoms with E-state index in [2.05, 4.69) is 44.1 Å². The van der Waals surface area contributed by atoms with Gasteiger partial charge >= 0.3 is 0 Å². The molecule has 142 valence electrons. The van der Waals surface area contributed by atoms with Gasteiger partial charge in [0.1, 0.15) is 5.01 Å². The Morgan fingerprint density at radius 2 is 2.23 bits per heavy atom. The van der Waals surface area contributed by atoms with Gasteiger partial charge in [-0.3, -0.25) is 4.79 Å². The lowest BCUT2D eigenvalue weighted by Crippen LogP contribution is -2.38. The monoisotopic (exact) mass is 455 g/mol. The maximum Gasteiger partial charge on any atom is 0.226 e. The van der Waals surface area contributed by atoms with Gasteiger partial charge in [0, 0.05) is 27.8 Å². The molecule has 1 fully saturated rings. The van der Waals surface area contributed by atoms with Gasteiger partial charge < -0.3 is 10.2 Å². The average Bonchev–Trinajstić information content (AvgIpc) is 3.25. The molecule has 1 aliphatic rings. The van der Waals surface area contributed by atoms with Crippen LogP contribution in [0, 0.1) is 0 Å². The normalized spacial score (nSPS) is 18.2. The molecule has 0 saturated carbocycles. The number of likely N-dealkylation sites (tertiary alicyclic amines) is 1. The third kappa shape index (κ3) is 5.87. The van der Waals surface area contributed by atoms with Crippen molar-refractivity contribution < 1.29 is 4.79 Å². The van der Waals surface area contributed by atoms with E-state index in [9.17, 15) is 4.79 Å². The second kappa shape index (κ2) is 9.97. The number of carbonyl (C=O) groups excluding carboxylic acids is 1. The molecule has 3 rings (SSSR count). The van der Waals surface area contributed by atoms with Crippen molar-refractivity contribution in [1.29, 1.82) is 0 Å². The lowest BCUT2D eigenvalue weighted by atomic mass is 10.0. The summed E-state index contributed by atoms with van der Waals surface area (Å²) in [4.78, 5) is 20.4. The fourth-order valence-electron chi connectivity index (χ4n) is 3.31. The molecule has 1 N–H and O–H groups in total. The molecule has 0 aromatic carbocycles. The minimum atomic E-state index is 0.0700. The van der Waals surface area contributed by atoms with Crippen LogP contribution in [0.3, 0.4) is 0 Å². The molecule has 1 amide bonds. The van der Waals surface area contributed by atoms with Gasteiger partial charge in [0.15, 0.2) is 0 Å². The Morgan fingerprint density at radius 3 is 3.00 bits per heavy atom. The summed E-state index contributed by atoms with van der Waals surface area (Å²) in [7, 11) is 0. The minimum absolute atomic E-state index is 0.0700. The molecule has 1 atom stereocenters. The maximum absolute atomic E-state index is 12.1. The first kappa shape index (κ1) is 20.0. The van der Waals surface area contributed by atoms with Crippen LogP contribution in [-0.4, -0.2) is 41.5 Å². The number of rotatable bonds is 8. The van der Waals surface area contributed by atoms with Crippen LogP contribution in [0.5, 0.6) is 0 Å². The Kier molecular flexibility index (Phi) is 7.66. The highest BCUT2D eigenvalue weighted by Crippen LogP contribution is 2.32. The van der Waals surface area contributed by atoms with E-state index in [4.69, 9.17) is 0 Å². The molecule has 0 spiro atoms. The minimum Gasteiger partial charge on any atom is -0.356 e. The first-order valence-electron chi connectivity index (χ1n) is 9.31. The second-order valence-corrected chi connectivity index (χ2v) is 9.57. The summed E-state index contributed by atoms with van der Waals surface area (Å²) in [5.41, 5.74) is 0.856. The SMILES string of the molecule is CC1CCCCN1CCCCNC(=O)Cc1csc(-c2cc(Br)cs2)n1. The van der Waals surface area contributed by atoms with E-state index in [-0.39, 0.29) is 5.91 Å². The number of unbranched alkanes of at least 4 members (excludes halogenated alkanes) is 1. The predicted octanol–water partition coefficient (Wildman–Crippen LogP) is 4.95. The van der Waals surface area contributed by atoms with Gasteiger partial charge in [-0.25, -0.2) is 4.98 Å². The number of carbonyl (C=O) groups is 1. The van der Waals surface area contributed by atoms with Gasteiger partial charge in [-0.2, -0.15) is 0 Å². The van der Waals surface area contributed by atoms with Gasteiger partial charge in [-0.1, -0.05) is 6.42 Å². The third-order valence-electron chi connectivity index (χ3n) is 4.81. The van der Waals surface area contributed by atoms with E-state index in [0.29, 0.717) is 6.42 Å². The first-order valence-corrected chi connectivity index (χ1v) is 11.9. The smallest absolute Gasteiger partial charge is 0.226 e. The average molecular weight is 456 g/mol. The summed E-state index contributed by atoms with van der Waals surface area (Å²) in [5.74, 6) is 0.0700. The quantitative estimate of drug-likeness (QED) is 0.572. The van der Waals surface area contributed by atoms with Crippen LogP contribution in [0.15, 0.2) is 21.3 Å². The van der Waals surface area contributed by atoms with Gasteiger partial charge in [0.05, 0.1) is 17.0 Å². The number of nitrogens with zero attached hydrogens (tertiary/aromatic N) is 2.